The third-order valence-corrected chi connectivity index (χ3v) is 7.36. The molecule has 1 saturated heterocycles. The van der Waals surface area contributed by atoms with Gasteiger partial charge in [-0.25, -0.2) is 4.39 Å². The summed E-state index contributed by atoms with van der Waals surface area (Å²) < 4.78 is 15.0. The van der Waals surface area contributed by atoms with E-state index >= 15 is 0 Å². The highest BCUT2D eigenvalue weighted by molar-refractivity contribution is 5.99. The third-order valence-electron chi connectivity index (χ3n) is 7.36. The first-order chi connectivity index (χ1) is 15.8. The van der Waals surface area contributed by atoms with Gasteiger partial charge in [0.2, 0.25) is 5.91 Å². The summed E-state index contributed by atoms with van der Waals surface area (Å²) in [4.78, 5) is 42.0. The molecule has 1 aliphatic heterocycles. The molecule has 0 bridgehead atoms. The van der Waals surface area contributed by atoms with E-state index in [1.54, 1.807) is 6.07 Å². The predicted octanol–water partition coefficient (Wildman–Crippen LogP) is 3.79. The van der Waals surface area contributed by atoms with Crippen LogP contribution in [0.25, 0.3) is 0 Å². The minimum absolute atomic E-state index is 0.0193. The van der Waals surface area contributed by atoms with E-state index in [1.807, 2.05) is 18.7 Å². The fourth-order valence-electron chi connectivity index (χ4n) is 5.13. The van der Waals surface area contributed by atoms with Crippen LogP contribution >= 0.6 is 0 Å². The van der Waals surface area contributed by atoms with Crippen LogP contribution in [0.1, 0.15) is 69.2 Å². The number of halogens is 1. The topological polar surface area (TPSA) is 69.7 Å². The molecule has 1 aromatic carbocycles. The summed E-state index contributed by atoms with van der Waals surface area (Å²) in [5.74, 6) is -0.692. The van der Waals surface area contributed by atoms with Gasteiger partial charge in [-0.2, -0.15) is 0 Å². The highest BCUT2D eigenvalue weighted by Gasteiger charge is 2.35. The number of hydrogen-bond donors (Lipinski definition) is 1. The number of Topliss-reactive ketones (excluding diaryl/α,β-unsaturated/α-hetero) is 1. The Kier molecular flexibility index (Phi) is 7.35. The number of nitrogens with zero attached hydrogens (tertiary/aromatic N) is 2. The number of amides is 2. The summed E-state index contributed by atoms with van der Waals surface area (Å²) in [6.07, 6.45) is 7.11. The molecular weight excluding hydrogens is 421 g/mol. The van der Waals surface area contributed by atoms with Gasteiger partial charge >= 0.3 is 0 Å². The minimum Gasteiger partial charge on any atom is -0.368 e. The Morgan fingerprint density at radius 2 is 1.64 bits per heavy atom. The molecule has 33 heavy (non-hydrogen) atoms. The predicted molar refractivity (Wildman–Crippen MR) is 126 cm³/mol. The molecule has 6 nitrogen and oxygen atoms in total. The Morgan fingerprint density at radius 1 is 0.970 bits per heavy atom. The van der Waals surface area contributed by atoms with E-state index in [2.05, 4.69) is 10.2 Å². The second-order valence-electron chi connectivity index (χ2n) is 10.2. The Morgan fingerprint density at radius 3 is 2.21 bits per heavy atom. The average molecular weight is 458 g/mol. The van der Waals surface area contributed by atoms with Crippen molar-refractivity contribution in [3.05, 3.63) is 29.6 Å². The molecule has 180 valence electrons. The summed E-state index contributed by atoms with van der Waals surface area (Å²) in [5.41, 5.74) is 0.684. The number of carbonyl (C=O) groups is 3. The average Bonchev–Trinajstić information content (AvgIpc) is 3.67. The van der Waals surface area contributed by atoms with Crippen molar-refractivity contribution in [2.24, 2.45) is 17.8 Å². The Hall–Kier alpha value is -2.44. The number of benzene rings is 1. The molecular formula is C26H36FN3O3. The van der Waals surface area contributed by atoms with Gasteiger partial charge < -0.3 is 15.1 Å². The lowest BCUT2D eigenvalue weighted by molar-refractivity contribution is -0.132. The van der Waals surface area contributed by atoms with Gasteiger partial charge in [0.15, 0.2) is 5.78 Å². The highest BCUT2D eigenvalue weighted by Crippen LogP contribution is 2.32. The zero-order chi connectivity index (χ0) is 23.5. The zero-order valence-electron chi connectivity index (χ0n) is 19.8. The Labute approximate surface area is 195 Å². The van der Waals surface area contributed by atoms with E-state index < -0.39 is 17.8 Å². The Balaban J connectivity index is 1.40. The van der Waals surface area contributed by atoms with Crippen LogP contribution in [0.4, 0.5) is 10.1 Å². The van der Waals surface area contributed by atoms with Crippen molar-refractivity contribution >= 4 is 23.3 Å². The molecule has 0 radical (unpaired) electrons. The number of anilines is 1. The van der Waals surface area contributed by atoms with E-state index in [0.29, 0.717) is 31.9 Å². The molecule has 3 fully saturated rings. The summed E-state index contributed by atoms with van der Waals surface area (Å²) in [6.45, 7) is 6.26. The lowest BCUT2D eigenvalue weighted by atomic mass is 9.80. The maximum absolute atomic E-state index is 15.0. The Bertz CT molecular complexity index is 885. The summed E-state index contributed by atoms with van der Waals surface area (Å²) in [5, 5.41) is 2.87. The lowest BCUT2D eigenvalue weighted by Gasteiger charge is -2.36. The molecule has 2 saturated carbocycles. The molecule has 7 heteroatoms. The van der Waals surface area contributed by atoms with Crippen molar-refractivity contribution in [1.29, 1.82) is 0 Å². The number of rotatable bonds is 7. The quantitative estimate of drug-likeness (QED) is 0.676. The van der Waals surface area contributed by atoms with Crippen LogP contribution in [0.3, 0.4) is 0 Å². The lowest BCUT2D eigenvalue weighted by Crippen LogP contribution is -2.49. The smallest absolute Gasteiger partial charge is 0.254 e. The van der Waals surface area contributed by atoms with Gasteiger partial charge in [-0.05, 0) is 49.8 Å². The van der Waals surface area contributed by atoms with E-state index in [9.17, 15) is 18.8 Å². The van der Waals surface area contributed by atoms with Crippen LogP contribution < -0.4 is 10.2 Å². The maximum Gasteiger partial charge on any atom is 0.254 e. The van der Waals surface area contributed by atoms with Crippen molar-refractivity contribution in [3.63, 3.8) is 0 Å². The van der Waals surface area contributed by atoms with Crippen LogP contribution in [0.15, 0.2) is 18.2 Å². The van der Waals surface area contributed by atoms with Crippen LogP contribution in [0, 0.1) is 23.6 Å². The van der Waals surface area contributed by atoms with Crippen molar-refractivity contribution in [2.45, 2.75) is 64.8 Å². The molecule has 2 aliphatic carbocycles. The fraction of sp³-hybridized carbons (Fsp3) is 0.654. The third kappa shape index (κ3) is 5.56. The molecule has 3 aliphatic rings. The molecule has 0 aromatic heterocycles. The van der Waals surface area contributed by atoms with E-state index in [-0.39, 0.29) is 35.0 Å². The second kappa shape index (κ2) is 10.2. The van der Waals surface area contributed by atoms with Crippen LogP contribution in [-0.4, -0.2) is 54.7 Å². The summed E-state index contributed by atoms with van der Waals surface area (Å²) >= 11 is 0. The number of carbonyl (C=O) groups excluding carboxylic acids is 3. The first-order valence-corrected chi connectivity index (χ1v) is 12.5. The monoisotopic (exact) mass is 457 g/mol. The van der Waals surface area contributed by atoms with Gasteiger partial charge in [-0.1, -0.05) is 33.1 Å². The molecule has 1 aromatic rings. The van der Waals surface area contributed by atoms with Crippen molar-refractivity contribution in [2.75, 3.05) is 31.1 Å². The van der Waals surface area contributed by atoms with Crippen LogP contribution in [-0.2, 0) is 9.59 Å². The van der Waals surface area contributed by atoms with Crippen LogP contribution in [0.5, 0.6) is 0 Å². The number of nitrogens with one attached hydrogen (secondary N) is 1. The highest BCUT2D eigenvalue weighted by atomic mass is 19.1. The molecule has 1 unspecified atom stereocenters. The van der Waals surface area contributed by atoms with Gasteiger partial charge in [0.05, 0.1) is 11.6 Å². The van der Waals surface area contributed by atoms with Gasteiger partial charge in [0.1, 0.15) is 5.82 Å². The largest absolute Gasteiger partial charge is 0.368 e. The molecule has 0 spiro atoms. The molecule has 1 heterocycles. The van der Waals surface area contributed by atoms with Crippen molar-refractivity contribution in [3.8, 4) is 0 Å². The summed E-state index contributed by atoms with van der Waals surface area (Å²) in [7, 11) is 0. The summed E-state index contributed by atoms with van der Waals surface area (Å²) in [6, 6.07) is 4.11. The standard InChI is InChI=1S/C26H36FN3O3/c1-17(2)24(31)23(18-6-4-3-5-7-18)28-25(32)21-11-10-20(16-22(21)27)29-12-14-30(15-13-29)26(33)19-8-9-19/h10-11,16-19,23H,3-9,12-15H2,1-2H3,(H,28,32). The molecule has 4 rings (SSSR count). The van der Waals surface area contributed by atoms with E-state index in [1.165, 1.54) is 12.1 Å². The van der Waals surface area contributed by atoms with Gasteiger partial charge in [-0.3, -0.25) is 14.4 Å². The molecule has 2 amide bonds. The number of ketones is 1. The molecule has 1 N–H and O–H groups in total. The van der Waals surface area contributed by atoms with Crippen LogP contribution in [0.2, 0.25) is 0 Å². The van der Waals surface area contributed by atoms with Gasteiger partial charge in [0.25, 0.3) is 5.91 Å². The van der Waals surface area contributed by atoms with Gasteiger partial charge in [0, 0.05) is 43.7 Å². The first-order valence-electron chi connectivity index (χ1n) is 12.5. The van der Waals surface area contributed by atoms with E-state index in [4.69, 9.17) is 0 Å². The minimum atomic E-state index is -0.583. The second-order valence-corrected chi connectivity index (χ2v) is 10.2. The van der Waals surface area contributed by atoms with E-state index in [0.717, 1.165) is 44.9 Å². The number of piperazine rings is 1. The normalized spacial score (nSPS) is 20.6. The number of hydrogen-bond acceptors (Lipinski definition) is 4. The van der Waals surface area contributed by atoms with Crippen molar-refractivity contribution in [1.82, 2.24) is 10.2 Å². The van der Waals surface area contributed by atoms with Crippen molar-refractivity contribution < 1.29 is 18.8 Å². The van der Waals surface area contributed by atoms with Gasteiger partial charge in [-0.15, -0.1) is 0 Å². The maximum atomic E-state index is 15.0. The first kappa shape index (κ1) is 23.7. The molecule has 1 atom stereocenters. The fourth-order valence-corrected chi connectivity index (χ4v) is 5.13. The zero-order valence-corrected chi connectivity index (χ0v) is 19.8. The SMILES string of the molecule is CC(C)C(=O)C(NC(=O)c1ccc(N2CCN(C(=O)C3CC3)CC2)cc1F)C1CCCCC1.